The SMILES string of the molecule is N=C(N)c1cnc(-n2cnc3ccccc32)cn1. The standard InChI is InChI=1S/C12H10N6/c13-12(14)9-5-16-11(6-15-9)18-7-17-8-3-1-2-4-10(8)18/h1-7H,(H3,13,14). The first-order valence-electron chi connectivity index (χ1n) is 5.34. The van der Waals surface area contributed by atoms with E-state index in [1.165, 1.54) is 6.20 Å². The zero-order chi connectivity index (χ0) is 12.5. The number of amidine groups is 1. The van der Waals surface area contributed by atoms with Gasteiger partial charge in [0.05, 0.1) is 23.4 Å². The molecular formula is C12H10N6. The first kappa shape index (κ1) is 10.4. The van der Waals surface area contributed by atoms with Crippen molar-refractivity contribution < 1.29 is 0 Å². The Kier molecular flexibility index (Phi) is 2.26. The highest BCUT2D eigenvalue weighted by molar-refractivity contribution is 5.92. The lowest BCUT2D eigenvalue weighted by Gasteiger charge is -2.03. The van der Waals surface area contributed by atoms with E-state index < -0.39 is 0 Å². The van der Waals surface area contributed by atoms with Crippen LogP contribution < -0.4 is 5.73 Å². The average Bonchev–Trinajstić information content (AvgIpc) is 2.82. The van der Waals surface area contributed by atoms with E-state index in [-0.39, 0.29) is 5.84 Å². The van der Waals surface area contributed by atoms with Gasteiger partial charge in [-0.05, 0) is 12.1 Å². The van der Waals surface area contributed by atoms with Gasteiger partial charge in [-0.15, -0.1) is 0 Å². The molecule has 0 saturated carbocycles. The minimum Gasteiger partial charge on any atom is -0.382 e. The number of hydrogen-bond donors (Lipinski definition) is 2. The summed E-state index contributed by atoms with van der Waals surface area (Å²) in [4.78, 5) is 12.6. The van der Waals surface area contributed by atoms with Gasteiger partial charge in [-0.2, -0.15) is 0 Å². The quantitative estimate of drug-likeness (QED) is 0.516. The number of para-hydroxylation sites is 2. The fraction of sp³-hybridized carbons (Fsp3) is 0. The molecule has 18 heavy (non-hydrogen) atoms. The predicted octanol–water partition coefficient (Wildman–Crippen LogP) is 1.10. The second kappa shape index (κ2) is 3.92. The van der Waals surface area contributed by atoms with E-state index in [0.717, 1.165) is 11.0 Å². The van der Waals surface area contributed by atoms with Gasteiger partial charge in [-0.3, -0.25) is 9.98 Å². The Hall–Kier alpha value is -2.76. The maximum atomic E-state index is 7.27. The van der Waals surface area contributed by atoms with Crippen LogP contribution in [0, 0.1) is 5.41 Å². The summed E-state index contributed by atoms with van der Waals surface area (Å²) in [5, 5.41) is 7.27. The Morgan fingerprint density at radius 2 is 1.94 bits per heavy atom. The Morgan fingerprint density at radius 1 is 1.11 bits per heavy atom. The second-order valence-corrected chi connectivity index (χ2v) is 3.78. The molecule has 0 aliphatic rings. The molecule has 88 valence electrons. The van der Waals surface area contributed by atoms with Crippen LogP contribution in [-0.2, 0) is 0 Å². The molecule has 0 atom stereocenters. The van der Waals surface area contributed by atoms with E-state index in [1.807, 2.05) is 28.8 Å². The third kappa shape index (κ3) is 1.60. The normalized spacial score (nSPS) is 10.7. The molecule has 6 nitrogen and oxygen atoms in total. The van der Waals surface area contributed by atoms with Crippen molar-refractivity contribution in [3.05, 3.63) is 48.7 Å². The van der Waals surface area contributed by atoms with Gasteiger partial charge >= 0.3 is 0 Å². The zero-order valence-electron chi connectivity index (χ0n) is 9.41. The van der Waals surface area contributed by atoms with Crippen LogP contribution in [-0.4, -0.2) is 25.4 Å². The molecule has 1 aromatic carbocycles. The summed E-state index contributed by atoms with van der Waals surface area (Å²) >= 11 is 0. The highest BCUT2D eigenvalue weighted by atomic mass is 15.1. The number of aromatic nitrogens is 4. The largest absolute Gasteiger partial charge is 0.382 e. The third-order valence-electron chi connectivity index (χ3n) is 2.61. The van der Waals surface area contributed by atoms with Crippen LogP contribution in [0.15, 0.2) is 43.0 Å². The number of nitrogens with one attached hydrogen (secondary N) is 1. The molecule has 2 aromatic heterocycles. The van der Waals surface area contributed by atoms with Gasteiger partial charge in [0, 0.05) is 0 Å². The van der Waals surface area contributed by atoms with Gasteiger partial charge in [0.25, 0.3) is 0 Å². The number of nitrogens with zero attached hydrogens (tertiary/aromatic N) is 4. The number of hydrogen-bond acceptors (Lipinski definition) is 4. The first-order chi connectivity index (χ1) is 8.75. The van der Waals surface area contributed by atoms with Gasteiger partial charge < -0.3 is 5.73 Å². The molecule has 0 bridgehead atoms. The topological polar surface area (TPSA) is 93.5 Å². The molecule has 0 saturated heterocycles. The maximum Gasteiger partial charge on any atom is 0.156 e. The summed E-state index contributed by atoms with van der Waals surface area (Å²) in [7, 11) is 0. The van der Waals surface area contributed by atoms with Crippen LogP contribution in [0.4, 0.5) is 0 Å². The van der Waals surface area contributed by atoms with Crippen molar-refractivity contribution in [2.24, 2.45) is 5.73 Å². The predicted molar refractivity (Wildman–Crippen MR) is 67.7 cm³/mol. The average molecular weight is 238 g/mol. The number of imidazole rings is 1. The number of benzene rings is 1. The van der Waals surface area contributed by atoms with Crippen LogP contribution in [0.1, 0.15) is 5.69 Å². The Balaban J connectivity index is 2.12. The van der Waals surface area contributed by atoms with Gasteiger partial charge in [0.1, 0.15) is 17.9 Å². The molecule has 3 N–H and O–H groups in total. The van der Waals surface area contributed by atoms with Crippen LogP contribution >= 0.6 is 0 Å². The lowest BCUT2D eigenvalue weighted by Crippen LogP contribution is -2.14. The van der Waals surface area contributed by atoms with Crippen molar-refractivity contribution in [1.29, 1.82) is 5.41 Å². The summed E-state index contributed by atoms with van der Waals surface area (Å²) in [5.41, 5.74) is 7.56. The van der Waals surface area contributed by atoms with Crippen LogP contribution in [0.25, 0.3) is 16.9 Å². The van der Waals surface area contributed by atoms with Crippen molar-refractivity contribution in [2.45, 2.75) is 0 Å². The first-order valence-corrected chi connectivity index (χ1v) is 5.34. The number of rotatable bonds is 2. The second-order valence-electron chi connectivity index (χ2n) is 3.78. The lowest BCUT2D eigenvalue weighted by molar-refractivity contribution is 0.990. The van der Waals surface area contributed by atoms with Crippen molar-refractivity contribution in [3.63, 3.8) is 0 Å². The van der Waals surface area contributed by atoms with Crippen molar-refractivity contribution >= 4 is 16.9 Å². The molecule has 0 fully saturated rings. The van der Waals surface area contributed by atoms with E-state index >= 15 is 0 Å². The minimum absolute atomic E-state index is 0.0930. The summed E-state index contributed by atoms with van der Waals surface area (Å²) in [6, 6.07) is 7.77. The van der Waals surface area contributed by atoms with Crippen molar-refractivity contribution in [2.75, 3.05) is 0 Å². The molecule has 0 aliphatic carbocycles. The number of nitrogens with two attached hydrogens (primary N) is 1. The summed E-state index contributed by atoms with van der Waals surface area (Å²) in [6.07, 6.45) is 4.75. The number of fused-ring (bicyclic) bond motifs is 1. The molecule has 3 aromatic rings. The van der Waals surface area contributed by atoms with Crippen molar-refractivity contribution in [3.8, 4) is 5.82 Å². The van der Waals surface area contributed by atoms with Crippen molar-refractivity contribution in [1.82, 2.24) is 19.5 Å². The zero-order valence-corrected chi connectivity index (χ0v) is 9.41. The lowest BCUT2D eigenvalue weighted by atomic mass is 10.3. The molecule has 0 unspecified atom stereocenters. The van der Waals surface area contributed by atoms with E-state index in [0.29, 0.717) is 11.5 Å². The van der Waals surface area contributed by atoms with Gasteiger partial charge in [0.15, 0.2) is 5.82 Å². The molecule has 0 amide bonds. The summed E-state index contributed by atoms with van der Waals surface area (Å²) in [6.45, 7) is 0. The van der Waals surface area contributed by atoms with E-state index in [1.54, 1.807) is 12.5 Å². The van der Waals surface area contributed by atoms with E-state index in [9.17, 15) is 0 Å². The maximum absolute atomic E-state index is 7.27. The van der Waals surface area contributed by atoms with Gasteiger partial charge in [0.2, 0.25) is 0 Å². The fourth-order valence-electron chi connectivity index (χ4n) is 1.73. The van der Waals surface area contributed by atoms with E-state index in [2.05, 4.69) is 15.0 Å². The number of nitrogen functional groups attached to an aromatic ring is 1. The summed E-state index contributed by atoms with van der Waals surface area (Å²) in [5.74, 6) is 0.554. The highest BCUT2D eigenvalue weighted by Gasteiger charge is 2.06. The summed E-state index contributed by atoms with van der Waals surface area (Å²) < 4.78 is 1.84. The van der Waals surface area contributed by atoms with E-state index in [4.69, 9.17) is 11.1 Å². The van der Waals surface area contributed by atoms with Crippen LogP contribution in [0.2, 0.25) is 0 Å². The van der Waals surface area contributed by atoms with Gasteiger partial charge in [-0.25, -0.2) is 15.0 Å². The smallest absolute Gasteiger partial charge is 0.156 e. The molecule has 0 radical (unpaired) electrons. The monoisotopic (exact) mass is 238 g/mol. The van der Waals surface area contributed by atoms with Crippen LogP contribution in [0.5, 0.6) is 0 Å². The molecule has 6 heteroatoms. The Morgan fingerprint density at radius 3 is 2.67 bits per heavy atom. The highest BCUT2D eigenvalue weighted by Crippen LogP contribution is 2.15. The Bertz CT molecular complexity index is 713. The molecule has 3 rings (SSSR count). The van der Waals surface area contributed by atoms with Gasteiger partial charge in [-0.1, -0.05) is 12.1 Å². The molecule has 2 heterocycles. The molecule has 0 aliphatic heterocycles. The Labute approximate surface area is 103 Å². The molecule has 0 spiro atoms. The minimum atomic E-state index is -0.0930. The third-order valence-corrected chi connectivity index (χ3v) is 2.61. The fourth-order valence-corrected chi connectivity index (χ4v) is 1.73. The van der Waals surface area contributed by atoms with Crippen LogP contribution in [0.3, 0.4) is 0 Å². The molecular weight excluding hydrogens is 228 g/mol.